The van der Waals surface area contributed by atoms with Crippen LogP contribution in [0.4, 0.5) is 17.1 Å². The number of carboxylic acid groups (broad SMARTS) is 1. The van der Waals surface area contributed by atoms with Gasteiger partial charge >= 0.3 is 5.97 Å². The Bertz CT molecular complexity index is 681. The lowest BCUT2D eigenvalue weighted by molar-refractivity contribution is -0.136. The van der Waals surface area contributed by atoms with Gasteiger partial charge in [-0.05, 0) is 35.9 Å². The van der Waals surface area contributed by atoms with Gasteiger partial charge in [0.25, 0.3) is 5.91 Å². The molecule has 0 radical (unpaired) electrons. The first-order chi connectivity index (χ1) is 9.95. The lowest BCUT2D eigenvalue weighted by Gasteiger charge is -2.07. The van der Waals surface area contributed by atoms with Gasteiger partial charge in [-0.2, -0.15) is 0 Å². The molecule has 0 saturated heterocycles. The fraction of sp³-hybridized carbons (Fsp3) is 0.0667. The van der Waals surface area contributed by atoms with E-state index in [1.807, 2.05) is 0 Å². The number of nitrogen functional groups attached to an aromatic ring is 2. The van der Waals surface area contributed by atoms with E-state index in [0.29, 0.717) is 28.2 Å². The van der Waals surface area contributed by atoms with Crippen LogP contribution in [0.5, 0.6) is 0 Å². The molecule has 0 aliphatic heterocycles. The summed E-state index contributed by atoms with van der Waals surface area (Å²) in [5.74, 6) is -1.21. The van der Waals surface area contributed by atoms with Crippen molar-refractivity contribution < 1.29 is 14.7 Å². The molecule has 0 bridgehead atoms. The molecule has 0 saturated carbocycles. The molecule has 0 aliphatic rings. The summed E-state index contributed by atoms with van der Waals surface area (Å²) in [6, 6.07) is 11.3. The predicted molar refractivity (Wildman–Crippen MR) is 81.0 cm³/mol. The number of carbonyl (C=O) groups is 2. The molecule has 0 heterocycles. The van der Waals surface area contributed by atoms with Crippen molar-refractivity contribution >= 4 is 28.9 Å². The Labute approximate surface area is 121 Å². The zero-order valence-electron chi connectivity index (χ0n) is 11.2. The Kier molecular flexibility index (Phi) is 4.08. The minimum Gasteiger partial charge on any atom is -0.481 e. The highest BCUT2D eigenvalue weighted by Gasteiger charge is 2.08. The number of carboxylic acids is 1. The van der Waals surface area contributed by atoms with Gasteiger partial charge in [-0.25, -0.2) is 0 Å². The molecule has 21 heavy (non-hydrogen) atoms. The van der Waals surface area contributed by atoms with Crippen LogP contribution >= 0.6 is 0 Å². The van der Waals surface area contributed by atoms with E-state index < -0.39 is 5.97 Å². The summed E-state index contributed by atoms with van der Waals surface area (Å²) in [4.78, 5) is 22.6. The first-order valence-electron chi connectivity index (χ1n) is 6.23. The molecular weight excluding hydrogens is 270 g/mol. The zero-order chi connectivity index (χ0) is 15.4. The van der Waals surface area contributed by atoms with Gasteiger partial charge in [-0.1, -0.05) is 12.1 Å². The minimum atomic E-state index is -0.899. The van der Waals surface area contributed by atoms with Crippen LogP contribution in [0.3, 0.4) is 0 Å². The molecule has 2 aromatic rings. The average Bonchev–Trinajstić information content (AvgIpc) is 2.43. The van der Waals surface area contributed by atoms with E-state index in [9.17, 15) is 9.59 Å². The van der Waals surface area contributed by atoms with Crippen LogP contribution in [0.25, 0.3) is 0 Å². The normalized spacial score (nSPS) is 10.1. The van der Waals surface area contributed by atoms with Crippen LogP contribution in [0.1, 0.15) is 15.9 Å². The number of hydrogen-bond acceptors (Lipinski definition) is 4. The van der Waals surface area contributed by atoms with Crippen LogP contribution in [0, 0.1) is 0 Å². The number of rotatable bonds is 4. The van der Waals surface area contributed by atoms with E-state index in [1.165, 1.54) is 6.07 Å². The van der Waals surface area contributed by atoms with E-state index in [-0.39, 0.29) is 12.3 Å². The molecule has 0 atom stereocenters. The number of aliphatic carboxylic acids is 1. The molecule has 0 unspecified atom stereocenters. The first kappa shape index (κ1) is 14.4. The Morgan fingerprint density at radius 2 is 1.67 bits per heavy atom. The van der Waals surface area contributed by atoms with Crippen LogP contribution < -0.4 is 16.8 Å². The summed E-state index contributed by atoms with van der Waals surface area (Å²) in [6.45, 7) is 0. The Hall–Kier alpha value is -3.02. The van der Waals surface area contributed by atoms with Gasteiger partial charge in [0, 0.05) is 11.3 Å². The lowest BCUT2D eigenvalue weighted by atomic mass is 10.1. The van der Waals surface area contributed by atoms with Crippen molar-refractivity contribution in [3.63, 3.8) is 0 Å². The van der Waals surface area contributed by atoms with Crippen molar-refractivity contribution in [1.82, 2.24) is 0 Å². The number of hydrogen-bond donors (Lipinski definition) is 4. The average molecular weight is 285 g/mol. The maximum Gasteiger partial charge on any atom is 0.307 e. The predicted octanol–water partition coefficient (Wildman–Crippen LogP) is 1.73. The highest BCUT2D eigenvalue weighted by Crippen LogP contribution is 2.17. The SMILES string of the molecule is Nc1ccc(C(=O)Nc2ccc(CC(=O)O)cc2)cc1N. The van der Waals surface area contributed by atoms with E-state index in [0.717, 1.165) is 0 Å². The second-order valence-corrected chi connectivity index (χ2v) is 4.57. The molecular formula is C15H15N3O3. The van der Waals surface area contributed by atoms with Crippen LogP contribution in [0.15, 0.2) is 42.5 Å². The number of nitrogens with two attached hydrogens (primary N) is 2. The molecule has 2 aromatic carbocycles. The van der Waals surface area contributed by atoms with E-state index in [4.69, 9.17) is 16.6 Å². The number of carbonyl (C=O) groups excluding carboxylic acids is 1. The molecule has 6 nitrogen and oxygen atoms in total. The molecule has 108 valence electrons. The van der Waals surface area contributed by atoms with Crippen molar-refractivity contribution in [1.29, 1.82) is 0 Å². The largest absolute Gasteiger partial charge is 0.481 e. The molecule has 0 fully saturated rings. The lowest BCUT2D eigenvalue weighted by Crippen LogP contribution is -2.12. The monoisotopic (exact) mass is 285 g/mol. The second-order valence-electron chi connectivity index (χ2n) is 4.57. The highest BCUT2D eigenvalue weighted by atomic mass is 16.4. The second kappa shape index (κ2) is 5.96. The third kappa shape index (κ3) is 3.73. The third-order valence-electron chi connectivity index (χ3n) is 2.92. The first-order valence-corrected chi connectivity index (χ1v) is 6.23. The van der Waals surface area contributed by atoms with Gasteiger partial charge < -0.3 is 21.9 Å². The summed E-state index contributed by atoms with van der Waals surface area (Å²) < 4.78 is 0. The summed E-state index contributed by atoms with van der Waals surface area (Å²) in [5, 5.41) is 11.4. The molecule has 2 rings (SSSR count). The van der Waals surface area contributed by atoms with Crippen molar-refractivity contribution in [3.05, 3.63) is 53.6 Å². The Morgan fingerprint density at radius 1 is 1.00 bits per heavy atom. The standard InChI is InChI=1S/C15H15N3O3/c16-12-6-3-10(8-13(12)17)15(21)18-11-4-1-9(2-5-11)7-14(19)20/h1-6,8H,7,16-17H2,(H,18,21)(H,19,20). The van der Waals surface area contributed by atoms with Crippen molar-refractivity contribution in [2.45, 2.75) is 6.42 Å². The van der Waals surface area contributed by atoms with E-state index in [1.54, 1.807) is 36.4 Å². The van der Waals surface area contributed by atoms with Crippen LogP contribution in [0.2, 0.25) is 0 Å². The number of benzene rings is 2. The summed E-state index contributed by atoms with van der Waals surface area (Å²) in [7, 11) is 0. The van der Waals surface area contributed by atoms with Gasteiger partial charge in [0.15, 0.2) is 0 Å². The quantitative estimate of drug-likeness (QED) is 0.638. The molecule has 0 aromatic heterocycles. The number of anilines is 3. The maximum absolute atomic E-state index is 12.0. The third-order valence-corrected chi connectivity index (χ3v) is 2.92. The minimum absolute atomic E-state index is 0.0529. The van der Waals surface area contributed by atoms with Gasteiger partial charge in [0.05, 0.1) is 17.8 Å². The van der Waals surface area contributed by atoms with Gasteiger partial charge in [0.1, 0.15) is 0 Å². The molecule has 0 spiro atoms. The Morgan fingerprint density at radius 3 is 2.24 bits per heavy atom. The molecule has 1 amide bonds. The topological polar surface area (TPSA) is 118 Å². The highest BCUT2D eigenvalue weighted by molar-refractivity contribution is 6.05. The Balaban J connectivity index is 2.08. The van der Waals surface area contributed by atoms with Crippen LogP contribution in [-0.2, 0) is 11.2 Å². The van der Waals surface area contributed by atoms with Crippen molar-refractivity contribution in [2.24, 2.45) is 0 Å². The summed E-state index contributed by atoms with van der Waals surface area (Å²) in [6.07, 6.45) is -0.0529. The molecule has 0 aliphatic carbocycles. The van der Waals surface area contributed by atoms with Crippen LogP contribution in [-0.4, -0.2) is 17.0 Å². The van der Waals surface area contributed by atoms with E-state index >= 15 is 0 Å². The smallest absolute Gasteiger partial charge is 0.307 e. The van der Waals surface area contributed by atoms with Crippen molar-refractivity contribution in [2.75, 3.05) is 16.8 Å². The maximum atomic E-state index is 12.0. The zero-order valence-corrected chi connectivity index (χ0v) is 11.2. The number of amides is 1. The number of nitrogens with one attached hydrogen (secondary N) is 1. The van der Waals surface area contributed by atoms with Crippen molar-refractivity contribution in [3.8, 4) is 0 Å². The molecule has 6 heteroatoms. The summed E-state index contributed by atoms with van der Waals surface area (Å²) >= 11 is 0. The van der Waals surface area contributed by atoms with Gasteiger partial charge in [-0.3, -0.25) is 9.59 Å². The van der Waals surface area contributed by atoms with Gasteiger partial charge in [0.2, 0.25) is 0 Å². The van der Waals surface area contributed by atoms with Gasteiger partial charge in [-0.15, -0.1) is 0 Å². The summed E-state index contributed by atoms with van der Waals surface area (Å²) in [5.41, 5.74) is 13.7. The van der Waals surface area contributed by atoms with E-state index in [2.05, 4.69) is 5.32 Å². The fourth-order valence-electron chi connectivity index (χ4n) is 1.80. The fourth-order valence-corrected chi connectivity index (χ4v) is 1.80. The molecule has 6 N–H and O–H groups in total.